The molecule has 0 aliphatic heterocycles. The fourth-order valence-corrected chi connectivity index (χ4v) is 3.45. The molecule has 0 heterocycles. The molecule has 1 fully saturated rings. The van der Waals surface area contributed by atoms with Crippen LogP contribution in [-0.2, 0) is 18.9 Å². The monoisotopic (exact) mass is 391 g/mol. The molecular weight excluding hydrogens is 354 g/mol. The predicted octanol–water partition coefficient (Wildman–Crippen LogP) is 3.48. The van der Waals surface area contributed by atoms with Gasteiger partial charge in [0.1, 0.15) is 6.61 Å². The van der Waals surface area contributed by atoms with Gasteiger partial charge in [0.15, 0.2) is 0 Å². The Balaban J connectivity index is 1.82. The summed E-state index contributed by atoms with van der Waals surface area (Å²) >= 11 is 1.92. The number of amides is 1. The predicted molar refractivity (Wildman–Crippen MR) is 106 cm³/mol. The van der Waals surface area contributed by atoms with Crippen LogP contribution in [0, 0.1) is 5.92 Å². The van der Waals surface area contributed by atoms with E-state index in [0.29, 0.717) is 39.0 Å². The van der Waals surface area contributed by atoms with Crippen LogP contribution in [-0.4, -0.2) is 69.9 Å². The minimum atomic E-state index is -0.337. The summed E-state index contributed by atoms with van der Waals surface area (Å²) in [6, 6.07) is 0.253. The van der Waals surface area contributed by atoms with E-state index in [0.717, 1.165) is 44.0 Å². The number of hydrogen-bond donors (Lipinski definition) is 1. The maximum Gasteiger partial charge on any atom is 0.407 e. The van der Waals surface area contributed by atoms with E-state index in [1.54, 1.807) is 0 Å². The third kappa shape index (κ3) is 12.8. The standard InChI is InChI=1S/C19H37NO5S/c1-16(2)8-9-22-10-11-23-12-13-24-14-15-25-19(21)20-17-4-6-18(26-3)7-5-17/h16-18H,4-15H2,1-3H3,(H,20,21). The summed E-state index contributed by atoms with van der Waals surface area (Å²) in [5, 5.41) is 3.68. The lowest BCUT2D eigenvalue weighted by Gasteiger charge is -2.27. The summed E-state index contributed by atoms with van der Waals surface area (Å²) in [6.07, 6.45) is 7.30. The molecule has 0 saturated heterocycles. The Hall–Kier alpha value is -0.500. The number of ether oxygens (including phenoxy) is 4. The van der Waals surface area contributed by atoms with Crippen molar-refractivity contribution < 1.29 is 23.7 Å². The summed E-state index contributed by atoms with van der Waals surface area (Å²) in [7, 11) is 0. The van der Waals surface area contributed by atoms with Gasteiger partial charge >= 0.3 is 6.09 Å². The maximum absolute atomic E-state index is 11.7. The number of hydrogen-bond acceptors (Lipinski definition) is 6. The van der Waals surface area contributed by atoms with Gasteiger partial charge in [0.25, 0.3) is 0 Å². The molecule has 6 nitrogen and oxygen atoms in total. The second-order valence-electron chi connectivity index (χ2n) is 7.01. The zero-order chi connectivity index (χ0) is 19.0. The second-order valence-corrected chi connectivity index (χ2v) is 8.15. The molecule has 0 bridgehead atoms. The van der Waals surface area contributed by atoms with Crippen molar-refractivity contribution in [3.63, 3.8) is 0 Å². The molecule has 1 N–H and O–H groups in total. The van der Waals surface area contributed by atoms with Crippen LogP contribution in [0.1, 0.15) is 46.0 Å². The number of alkyl carbamates (subject to hydrolysis) is 1. The summed E-state index contributed by atoms with van der Waals surface area (Å²) in [6.45, 7) is 8.03. The van der Waals surface area contributed by atoms with Crippen LogP contribution >= 0.6 is 11.8 Å². The summed E-state index contributed by atoms with van der Waals surface area (Å²) in [5.74, 6) is 0.670. The highest BCUT2D eigenvalue weighted by Crippen LogP contribution is 2.26. The normalized spacial score (nSPS) is 20.3. The molecule has 7 heteroatoms. The van der Waals surface area contributed by atoms with Crippen molar-refractivity contribution in [2.24, 2.45) is 5.92 Å². The second kappa shape index (κ2) is 15.5. The Bertz CT molecular complexity index is 349. The number of carbonyl (C=O) groups is 1. The van der Waals surface area contributed by atoms with E-state index in [1.165, 1.54) is 0 Å². The van der Waals surface area contributed by atoms with Crippen molar-refractivity contribution in [3.05, 3.63) is 0 Å². The van der Waals surface area contributed by atoms with E-state index >= 15 is 0 Å². The van der Waals surface area contributed by atoms with Crippen molar-refractivity contribution in [1.82, 2.24) is 5.32 Å². The molecule has 26 heavy (non-hydrogen) atoms. The molecule has 0 aromatic heterocycles. The third-order valence-electron chi connectivity index (χ3n) is 4.37. The first kappa shape index (κ1) is 23.5. The largest absolute Gasteiger partial charge is 0.447 e. The fourth-order valence-electron chi connectivity index (χ4n) is 2.71. The summed E-state index contributed by atoms with van der Waals surface area (Å²) < 4.78 is 21.4. The van der Waals surface area contributed by atoms with E-state index in [1.807, 2.05) is 11.8 Å². The lowest BCUT2D eigenvalue weighted by Crippen LogP contribution is -2.38. The number of rotatable bonds is 14. The molecule has 0 aromatic rings. The van der Waals surface area contributed by atoms with E-state index in [-0.39, 0.29) is 18.7 Å². The molecule has 1 rings (SSSR count). The van der Waals surface area contributed by atoms with Gasteiger partial charge in [-0.1, -0.05) is 13.8 Å². The van der Waals surface area contributed by atoms with Crippen LogP contribution in [0.25, 0.3) is 0 Å². The third-order valence-corrected chi connectivity index (χ3v) is 5.51. The first-order valence-electron chi connectivity index (χ1n) is 9.81. The zero-order valence-electron chi connectivity index (χ0n) is 16.7. The quantitative estimate of drug-likeness (QED) is 0.457. The smallest absolute Gasteiger partial charge is 0.407 e. The van der Waals surface area contributed by atoms with Crippen molar-refractivity contribution in [2.45, 2.75) is 57.2 Å². The van der Waals surface area contributed by atoms with Crippen LogP contribution < -0.4 is 5.32 Å². The zero-order valence-corrected chi connectivity index (χ0v) is 17.5. The molecule has 154 valence electrons. The average molecular weight is 392 g/mol. The van der Waals surface area contributed by atoms with E-state index < -0.39 is 0 Å². The van der Waals surface area contributed by atoms with Gasteiger partial charge in [0.05, 0.1) is 33.0 Å². The van der Waals surface area contributed by atoms with Crippen LogP contribution in [0.15, 0.2) is 0 Å². The highest BCUT2D eigenvalue weighted by molar-refractivity contribution is 7.99. The van der Waals surface area contributed by atoms with Crippen LogP contribution in [0.4, 0.5) is 4.79 Å². The van der Waals surface area contributed by atoms with Crippen LogP contribution in [0.5, 0.6) is 0 Å². The Labute approximate surface area is 163 Å². The topological polar surface area (TPSA) is 66.0 Å². The molecule has 0 radical (unpaired) electrons. The first-order chi connectivity index (χ1) is 12.6. The highest BCUT2D eigenvalue weighted by Gasteiger charge is 2.21. The van der Waals surface area contributed by atoms with Gasteiger partial charge in [-0.25, -0.2) is 4.79 Å². The highest BCUT2D eigenvalue weighted by atomic mass is 32.2. The van der Waals surface area contributed by atoms with Crippen LogP contribution in [0.2, 0.25) is 0 Å². The average Bonchev–Trinajstić information content (AvgIpc) is 2.63. The molecule has 0 aromatic carbocycles. The maximum atomic E-state index is 11.7. The molecule has 1 aliphatic carbocycles. The Morgan fingerprint density at radius 2 is 1.46 bits per heavy atom. The van der Waals surface area contributed by atoms with Crippen molar-refractivity contribution in [1.29, 1.82) is 0 Å². The SMILES string of the molecule is CSC1CCC(NC(=O)OCCOCCOCCOCCC(C)C)CC1. The number of carbonyl (C=O) groups excluding carboxylic acids is 1. The van der Waals surface area contributed by atoms with Gasteiger partial charge in [-0.15, -0.1) is 0 Å². The van der Waals surface area contributed by atoms with Gasteiger partial charge in [-0.3, -0.25) is 0 Å². The Morgan fingerprint density at radius 1 is 0.923 bits per heavy atom. The molecule has 0 unspecified atom stereocenters. The summed E-state index contributed by atoms with van der Waals surface area (Å²) in [4.78, 5) is 11.7. The van der Waals surface area contributed by atoms with E-state index in [4.69, 9.17) is 18.9 Å². The molecular formula is C19H37NO5S. The molecule has 1 aliphatic rings. The van der Waals surface area contributed by atoms with Gasteiger partial charge in [0.2, 0.25) is 0 Å². The van der Waals surface area contributed by atoms with E-state index in [9.17, 15) is 4.79 Å². The number of thioether (sulfide) groups is 1. The lowest BCUT2D eigenvalue weighted by atomic mass is 9.95. The van der Waals surface area contributed by atoms with Crippen molar-refractivity contribution >= 4 is 17.9 Å². The Kier molecular flexibility index (Phi) is 14.1. The molecule has 0 spiro atoms. The molecule has 1 saturated carbocycles. The van der Waals surface area contributed by atoms with Gasteiger partial charge < -0.3 is 24.3 Å². The Morgan fingerprint density at radius 3 is 2.00 bits per heavy atom. The van der Waals surface area contributed by atoms with Crippen molar-refractivity contribution in [3.8, 4) is 0 Å². The minimum Gasteiger partial charge on any atom is -0.447 e. The van der Waals surface area contributed by atoms with Crippen molar-refractivity contribution in [2.75, 3.05) is 52.5 Å². The molecule has 0 atom stereocenters. The van der Waals surface area contributed by atoms with Gasteiger partial charge in [-0.05, 0) is 44.3 Å². The lowest BCUT2D eigenvalue weighted by molar-refractivity contribution is 0.00423. The van der Waals surface area contributed by atoms with Gasteiger partial charge in [0, 0.05) is 17.9 Å². The fraction of sp³-hybridized carbons (Fsp3) is 0.947. The molecule has 1 amide bonds. The summed E-state index contributed by atoms with van der Waals surface area (Å²) in [5.41, 5.74) is 0. The number of nitrogens with one attached hydrogen (secondary N) is 1. The van der Waals surface area contributed by atoms with Gasteiger partial charge in [-0.2, -0.15) is 11.8 Å². The van der Waals surface area contributed by atoms with Crippen LogP contribution in [0.3, 0.4) is 0 Å². The minimum absolute atomic E-state index is 0.253. The first-order valence-corrected chi connectivity index (χ1v) is 11.1. The van der Waals surface area contributed by atoms with E-state index in [2.05, 4.69) is 25.4 Å².